The highest BCUT2D eigenvalue weighted by Crippen LogP contribution is 2.25. The van der Waals surface area contributed by atoms with Gasteiger partial charge in [-0.15, -0.1) is 0 Å². The molecule has 1 unspecified atom stereocenters. The first kappa shape index (κ1) is 13.5. The molecule has 0 radical (unpaired) electrons. The third kappa shape index (κ3) is 2.86. The minimum absolute atomic E-state index is 0.0765. The molecule has 2 heterocycles. The van der Waals surface area contributed by atoms with Gasteiger partial charge in [0, 0.05) is 24.0 Å². The second-order valence-electron chi connectivity index (χ2n) is 5.39. The van der Waals surface area contributed by atoms with Crippen LogP contribution in [0.2, 0.25) is 0 Å². The van der Waals surface area contributed by atoms with Crippen LogP contribution in [0, 0.1) is 0 Å². The van der Waals surface area contributed by atoms with Crippen molar-refractivity contribution < 1.29 is 4.42 Å². The summed E-state index contributed by atoms with van der Waals surface area (Å²) in [5.74, 6) is 1.05. The highest BCUT2D eigenvalue weighted by Gasteiger charge is 2.11. The van der Waals surface area contributed by atoms with E-state index in [0.717, 1.165) is 28.4 Å². The first-order valence-corrected chi connectivity index (χ1v) is 7.06. The first-order valence-electron chi connectivity index (χ1n) is 7.06. The van der Waals surface area contributed by atoms with E-state index in [0.29, 0.717) is 0 Å². The van der Waals surface area contributed by atoms with Crippen LogP contribution in [0.1, 0.15) is 44.3 Å². The number of anilines is 1. The molecule has 0 amide bonds. The van der Waals surface area contributed by atoms with Crippen LogP contribution in [-0.2, 0) is 0 Å². The van der Waals surface area contributed by atoms with Gasteiger partial charge in [-0.3, -0.25) is 9.97 Å². The van der Waals surface area contributed by atoms with Gasteiger partial charge in [0.2, 0.25) is 0 Å². The third-order valence-electron chi connectivity index (χ3n) is 3.31. The van der Waals surface area contributed by atoms with Gasteiger partial charge in [-0.25, -0.2) is 4.98 Å². The van der Waals surface area contributed by atoms with Crippen LogP contribution in [0.3, 0.4) is 0 Å². The normalized spacial score (nSPS) is 12.8. The van der Waals surface area contributed by atoms with Gasteiger partial charge in [0.1, 0.15) is 5.52 Å². The zero-order valence-corrected chi connectivity index (χ0v) is 12.4. The molecule has 21 heavy (non-hydrogen) atoms. The fraction of sp³-hybridized carbons (Fsp3) is 0.312. The molecule has 3 rings (SSSR count). The number of aromatic nitrogens is 3. The number of oxazole rings is 1. The second kappa shape index (κ2) is 5.52. The van der Waals surface area contributed by atoms with Crippen LogP contribution in [0.25, 0.3) is 11.1 Å². The molecule has 2 aromatic heterocycles. The molecule has 5 heteroatoms. The highest BCUT2D eigenvalue weighted by atomic mass is 16.3. The topological polar surface area (TPSA) is 63.8 Å². The van der Waals surface area contributed by atoms with Crippen LogP contribution < -0.4 is 5.32 Å². The SMILES string of the molecule is CC(C)c1nc2cc(NC(C)c3cnccn3)ccc2o1. The molecule has 0 aliphatic carbocycles. The van der Waals surface area contributed by atoms with Crippen LogP contribution in [0.4, 0.5) is 5.69 Å². The summed E-state index contributed by atoms with van der Waals surface area (Å²) in [4.78, 5) is 12.9. The Labute approximate surface area is 123 Å². The van der Waals surface area contributed by atoms with Crippen molar-refractivity contribution in [3.8, 4) is 0 Å². The zero-order valence-electron chi connectivity index (χ0n) is 12.4. The number of fused-ring (bicyclic) bond motifs is 1. The van der Waals surface area contributed by atoms with Gasteiger partial charge in [-0.05, 0) is 25.1 Å². The van der Waals surface area contributed by atoms with Crippen LogP contribution >= 0.6 is 0 Å². The lowest BCUT2D eigenvalue weighted by molar-refractivity contribution is 0.501. The van der Waals surface area contributed by atoms with Crippen molar-refractivity contribution in [2.24, 2.45) is 0 Å². The molecule has 5 nitrogen and oxygen atoms in total. The molecule has 0 fully saturated rings. The maximum atomic E-state index is 5.71. The summed E-state index contributed by atoms with van der Waals surface area (Å²) in [5, 5.41) is 3.40. The molecule has 0 bridgehead atoms. The minimum Gasteiger partial charge on any atom is -0.440 e. The molecule has 0 aliphatic rings. The van der Waals surface area contributed by atoms with Crippen molar-refractivity contribution in [1.82, 2.24) is 15.0 Å². The molecule has 0 spiro atoms. The maximum Gasteiger partial charge on any atom is 0.198 e. The summed E-state index contributed by atoms with van der Waals surface area (Å²) in [5.41, 5.74) is 3.58. The molecule has 0 saturated heterocycles. The van der Waals surface area contributed by atoms with E-state index in [1.54, 1.807) is 18.6 Å². The van der Waals surface area contributed by atoms with Crippen LogP contribution in [0.5, 0.6) is 0 Å². The summed E-state index contributed by atoms with van der Waals surface area (Å²) >= 11 is 0. The van der Waals surface area contributed by atoms with Crippen molar-refractivity contribution >= 4 is 16.8 Å². The van der Waals surface area contributed by atoms with E-state index in [1.165, 1.54) is 0 Å². The standard InChI is InChI=1S/C16H18N4O/c1-10(2)16-20-13-8-12(4-5-15(13)21-16)19-11(3)14-9-17-6-7-18-14/h4-11,19H,1-3H3. The van der Waals surface area contributed by atoms with E-state index in [1.807, 2.05) is 18.2 Å². The summed E-state index contributed by atoms with van der Waals surface area (Å²) in [7, 11) is 0. The van der Waals surface area contributed by atoms with Crippen molar-refractivity contribution in [1.29, 1.82) is 0 Å². The smallest absolute Gasteiger partial charge is 0.198 e. The molecule has 0 aliphatic heterocycles. The van der Waals surface area contributed by atoms with E-state index in [4.69, 9.17) is 4.42 Å². The first-order chi connectivity index (χ1) is 10.1. The Kier molecular flexibility index (Phi) is 3.56. The Morgan fingerprint density at radius 1 is 1.14 bits per heavy atom. The van der Waals surface area contributed by atoms with Gasteiger partial charge in [0.05, 0.1) is 17.9 Å². The number of hydrogen-bond donors (Lipinski definition) is 1. The predicted octanol–water partition coefficient (Wildman–Crippen LogP) is 3.91. The Bertz CT molecular complexity index is 736. The monoisotopic (exact) mass is 282 g/mol. The summed E-state index contributed by atoms with van der Waals surface area (Å²) in [6.45, 7) is 6.19. The number of hydrogen-bond acceptors (Lipinski definition) is 5. The largest absolute Gasteiger partial charge is 0.440 e. The predicted molar refractivity (Wildman–Crippen MR) is 82.2 cm³/mol. The van der Waals surface area contributed by atoms with Gasteiger partial charge in [-0.1, -0.05) is 13.8 Å². The third-order valence-corrected chi connectivity index (χ3v) is 3.31. The molecular formula is C16H18N4O. The summed E-state index contributed by atoms with van der Waals surface area (Å²) in [6.07, 6.45) is 5.14. The fourth-order valence-corrected chi connectivity index (χ4v) is 2.14. The quantitative estimate of drug-likeness (QED) is 0.786. The summed E-state index contributed by atoms with van der Waals surface area (Å²) < 4.78 is 5.71. The van der Waals surface area contributed by atoms with Crippen LogP contribution in [-0.4, -0.2) is 15.0 Å². The minimum atomic E-state index is 0.0765. The lowest BCUT2D eigenvalue weighted by Crippen LogP contribution is -2.08. The van der Waals surface area contributed by atoms with E-state index in [2.05, 4.69) is 41.0 Å². The Balaban J connectivity index is 1.84. The number of benzene rings is 1. The van der Waals surface area contributed by atoms with Gasteiger partial charge in [0.15, 0.2) is 11.5 Å². The van der Waals surface area contributed by atoms with E-state index >= 15 is 0 Å². The second-order valence-corrected chi connectivity index (χ2v) is 5.39. The van der Waals surface area contributed by atoms with Crippen molar-refractivity contribution in [2.75, 3.05) is 5.32 Å². The van der Waals surface area contributed by atoms with Gasteiger partial charge < -0.3 is 9.73 Å². The Hall–Kier alpha value is -2.43. The van der Waals surface area contributed by atoms with E-state index < -0.39 is 0 Å². The van der Waals surface area contributed by atoms with Crippen LogP contribution in [0.15, 0.2) is 41.2 Å². The van der Waals surface area contributed by atoms with Gasteiger partial charge in [0.25, 0.3) is 0 Å². The molecule has 1 N–H and O–H groups in total. The van der Waals surface area contributed by atoms with Crippen molar-refractivity contribution in [2.45, 2.75) is 32.7 Å². The van der Waals surface area contributed by atoms with Crippen molar-refractivity contribution in [3.05, 3.63) is 48.4 Å². The van der Waals surface area contributed by atoms with Gasteiger partial charge in [-0.2, -0.15) is 0 Å². The molecule has 108 valence electrons. The molecule has 1 atom stereocenters. The maximum absolute atomic E-state index is 5.71. The van der Waals surface area contributed by atoms with E-state index in [9.17, 15) is 0 Å². The Morgan fingerprint density at radius 3 is 2.71 bits per heavy atom. The molecule has 0 saturated carbocycles. The number of nitrogens with one attached hydrogen (secondary N) is 1. The van der Waals surface area contributed by atoms with Crippen molar-refractivity contribution in [3.63, 3.8) is 0 Å². The number of nitrogens with zero attached hydrogens (tertiary/aromatic N) is 3. The number of rotatable bonds is 4. The molecular weight excluding hydrogens is 264 g/mol. The average Bonchev–Trinajstić information content (AvgIpc) is 2.91. The summed E-state index contributed by atoms with van der Waals surface area (Å²) in [6, 6.07) is 6.01. The lowest BCUT2D eigenvalue weighted by atomic mass is 10.2. The highest BCUT2D eigenvalue weighted by molar-refractivity contribution is 5.77. The average molecular weight is 282 g/mol. The molecule has 1 aromatic carbocycles. The molecule has 3 aromatic rings. The van der Waals surface area contributed by atoms with E-state index in [-0.39, 0.29) is 12.0 Å². The zero-order chi connectivity index (χ0) is 14.8. The fourth-order valence-electron chi connectivity index (χ4n) is 2.14. The van der Waals surface area contributed by atoms with Gasteiger partial charge >= 0.3 is 0 Å². The lowest BCUT2D eigenvalue weighted by Gasteiger charge is -2.13. The Morgan fingerprint density at radius 2 is 2.00 bits per heavy atom.